The third-order valence-electron chi connectivity index (χ3n) is 5.68. The van der Waals surface area contributed by atoms with Crippen LogP contribution in [-0.4, -0.2) is 147 Å². The first-order valence-electron chi connectivity index (χ1n) is 10.5. The third kappa shape index (κ3) is 8.45. The van der Waals surface area contributed by atoms with Crippen LogP contribution in [0.25, 0.3) is 0 Å². The summed E-state index contributed by atoms with van der Waals surface area (Å²) in [6.07, 6.45) is 0. The second kappa shape index (κ2) is 14.2. The van der Waals surface area contributed by atoms with Crippen LogP contribution >= 0.6 is 0 Å². The Balaban J connectivity index is 6.83. The molecule has 0 heterocycles. The van der Waals surface area contributed by atoms with E-state index in [0.29, 0.717) is 21.8 Å². The Morgan fingerprint density at radius 3 is 1.52 bits per heavy atom. The molecule has 33 heavy (non-hydrogen) atoms. The zero-order chi connectivity index (χ0) is 26.2. The van der Waals surface area contributed by atoms with Crippen molar-refractivity contribution in [3.8, 4) is 0 Å². The molecular weight excluding hydrogens is 621 g/mol. The van der Waals surface area contributed by atoms with Gasteiger partial charge in [-0.2, -0.15) is 0 Å². The van der Waals surface area contributed by atoms with E-state index >= 15 is 0 Å². The number of rotatable bonds is 18. The van der Waals surface area contributed by atoms with Gasteiger partial charge < -0.3 is 54.0 Å². The van der Waals surface area contributed by atoms with Gasteiger partial charge in [-0.05, 0) is 32.2 Å². The smallest absolute Gasteiger partial charge is 0.440 e. The number of hydrogen-bond donors (Lipinski definition) is 5. The lowest BCUT2D eigenvalue weighted by molar-refractivity contribution is 0.125. The fourth-order valence-electron chi connectivity index (χ4n) is 3.58. The Labute approximate surface area is 214 Å². The highest BCUT2D eigenvalue weighted by atomic mass is 30.2. The standard InChI is InChI=1S/C10H44O12Si11/c1-16-30(17-2,18-3)10-9-28(5,6)21-31(22-29(7,8)15,32(23,19-4)25-12)33(26-13,27-14)20-24-11/h11-15H,9-10,24-27H2,1-8,23H3. The van der Waals surface area contributed by atoms with E-state index in [1.165, 1.54) is 7.11 Å². The fourth-order valence-corrected chi connectivity index (χ4v) is 167. The van der Waals surface area contributed by atoms with E-state index in [-0.39, 0.29) is 0 Å². The van der Waals surface area contributed by atoms with Crippen LogP contribution in [0.15, 0.2) is 0 Å². The lowest BCUT2D eigenvalue weighted by Crippen LogP contribution is -2.92. The molecule has 0 aliphatic carbocycles. The Kier molecular flexibility index (Phi) is 15.0. The lowest BCUT2D eigenvalue weighted by atomic mass is 10.9. The van der Waals surface area contributed by atoms with Crippen LogP contribution in [-0.2, 0) is 30.0 Å². The minimum Gasteiger partial charge on any atom is -0.440 e. The third-order valence-corrected chi connectivity index (χ3v) is 101. The van der Waals surface area contributed by atoms with E-state index in [4.69, 9.17) is 30.0 Å². The molecule has 12 nitrogen and oxygen atoms in total. The van der Waals surface area contributed by atoms with Crippen molar-refractivity contribution in [2.24, 2.45) is 0 Å². The summed E-state index contributed by atoms with van der Waals surface area (Å²) in [5.74, 6) is 0. The van der Waals surface area contributed by atoms with Gasteiger partial charge in [0.25, 0.3) is 16.9 Å². The first kappa shape index (κ1) is 34.9. The van der Waals surface area contributed by atoms with Crippen molar-refractivity contribution in [3.05, 3.63) is 0 Å². The SMILES string of the molecule is CO[Si](CC[Si](C)(C)O[Si](O[Si](C)(C)O)([Si]([SiH3])(OC)[SiH2]O)[Si](O[SiH2]O)([SiH2]O)[SiH2]O)(OC)OC. The van der Waals surface area contributed by atoms with Crippen LogP contribution in [0.1, 0.15) is 0 Å². The Morgan fingerprint density at radius 2 is 1.21 bits per heavy atom. The summed E-state index contributed by atoms with van der Waals surface area (Å²) in [6, 6.07) is 1.04. The topological polar surface area (TPSA) is 166 Å². The van der Waals surface area contributed by atoms with Crippen LogP contribution in [0, 0.1) is 0 Å². The molecule has 0 aromatic heterocycles. The van der Waals surface area contributed by atoms with Crippen molar-refractivity contribution < 1.29 is 54.0 Å². The average Bonchev–Trinajstić information content (AvgIpc) is 2.76. The minimum absolute atomic E-state index is 0.427. The van der Waals surface area contributed by atoms with Gasteiger partial charge in [-0.1, -0.05) is 0 Å². The first-order chi connectivity index (χ1) is 15.1. The highest BCUT2D eigenvalue weighted by Crippen LogP contribution is 2.36. The molecule has 2 unspecified atom stereocenters. The molecule has 200 valence electrons. The number of hydrogen-bond acceptors (Lipinski definition) is 12. The van der Waals surface area contributed by atoms with Crippen LogP contribution in [0.2, 0.25) is 38.3 Å². The quantitative estimate of drug-likeness (QED) is 0.0882. The molecule has 0 rings (SSSR count). The first-order valence-corrected chi connectivity index (χ1v) is 39.6. The van der Waals surface area contributed by atoms with Gasteiger partial charge in [0.1, 0.15) is 0 Å². The monoisotopic (exact) mass is 664 g/mol. The summed E-state index contributed by atoms with van der Waals surface area (Å²) in [5.41, 5.74) is 0. The molecule has 23 heteroatoms. The Bertz CT molecular complexity index is 563. The van der Waals surface area contributed by atoms with Gasteiger partial charge >= 0.3 is 25.0 Å². The molecule has 0 aliphatic rings. The predicted molar refractivity (Wildman–Crippen MR) is 154 cm³/mol. The maximum atomic E-state index is 10.9. The second-order valence-corrected chi connectivity index (χ2v) is 75.6. The van der Waals surface area contributed by atoms with Gasteiger partial charge in [0, 0.05) is 44.2 Å². The fraction of sp³-hybridized carbons (Fsp3) is 1.00. The molecule has 0 radical (unpaired) electrons. The molecule has 5 N–H and O–H groups in total. The van der Waals surface area contributed by atoms with Crippen LogP contribution < -0.4 is 0 Å². The Hall–Kier alpha value is 1.91. The largest absolute Gasteiger partial charge is 0.499 e. The van der Waals surface area contributed by atoms with E-state index in [9.17, 15) is 24.0 Å². The Morgan fingerprint density at radius 1 is 0.727 bits per heavy atom. The highest BCUT2D eigenvalue weighted by molar-refractivity contribution is 7.95. The van der Waals surface area contributed by atoms with Crippen LogP contribution in [0.3, 0.4) is 0 Å². The van der Waals surface area contributed by atoms with E-state index < -0.39 is 84.9 Å². The maximum absolute atomic E-state index is 10.9. The summed E-state index contributed by atoms with van der Waals surface area (Å²) >= 11 is 0. The zero-order valence-corrected chi connectivity index (χ0v) is 35.0. The van der Waals surface area contributed by atoms with Crippen molar-refractivity contribution in [3.63, 3.8) is 0 Å². The lowest BCUT2D eigenvalue weighted by Gasteiger charge is -2.54. The van der Waals surface area contributed by atoms with Crippen molar-refractivity contribution in [2.45, 2.75) is 38.3 Å². The summed E-state index contributed by atoms with van der Waals surface area (Å²) in [7, 11) is -13.9. The van der Waals surface area contributed by atoms with Gasteiger partial charge in [-0.15, -0.1) is 0 Å². The van der Waals surface area contributed by atoms with Gasteiger partial charge in [-0.25, -0.2) is 0 Å². The van der Waals surface area contributed by atoms with E-state index in [1.807, 2.05) is 13.1 Å². The van der Waals surface area contributed by atoms with Crippen LogP contribution in [0.4, 0.5) is 0 Å². The molecule has 0 saturated carbocycles. The minimum atomic E-state index is -3.78. The zero-order valence-electron chi connectivity index (χ0n) is 21.3. The van der Waals surface area contributed by atoms with Gasteiger partial charge in [0.05, 0.1) is 0 Å². The van der Waals surface area contributed by atoms with E-state index in [0.717, 1.165) is 0 Å². The molecule has 0 fully saturated rings. The molecule has 0 aliphatic heterocycles. The van der Waals surface area contributed by atoms with Crippen molar-refractivity contribution in [2.75, 3.05) is 28.4 Å². The van der Waals surface area contributed by atoms with Crippen molar-refractivity contribution >= 4 is 94.6 Å². The van der Waals surface area contributed by atoms with Gasteiger partial charge in [0.2, 0.25) is 6.87 Å². The van der Waals surface area contributed by atoms with E-state index in [2.05, 4.69) is 0 Å². The molecule has 2 atom stereocenters. The predicted octanol–water partition coefficient (Wildman–Crippen LogP) is -6.48. The summed E-state index contributed by atoms with van der Waals surface area (Å²) in [5, 5.41) is 0. The highest BCUT2D eigenvalue weighted by Gasteiger charge is 2.74. The summed E-state index contributed by atoms with van der Waals surface area (Å²) in [4.78, 5) is 52.9. The maximum Gasteiger partial charge on any atom is 0.499 e. The van der Waals surface area contributed by atoms with E-state index in [1.54, 1.807) is 34.4 Å². The van der Waals surface area contributed by atoms with Crippen LogP contribution in [0.5, 0.6) is 0 Å². The average molecular weight is 665 g/mol. The molecule has 0 saturated heterocycles. The molecule has 0 aromatic rings. The second-order valence-electron chi connectivity index (χ2n) is 9.00. The van der Waals surface area contributed by atoms with Crippen molar-refractivity contribution in [1.29, 1.82) is 0 Å². The van der Waals surface area contributed by atoms with Gasteiger partial charge in [0.15, 0.2) is 36.2 Å². The summed E-state index contributed by atoms with van der Waals surface area (Å²) < 4.78 is 42.2. The summed E-state index contributed by atoms with van der Waals surface area (Å²) in [6.45, 7) is 0.668. The molecule has 0 spiro atoms. The van der Waals surface area contributed by atoms with Crippen molar-refractivity contribution in [1.82, 2.24) is 0 Å². The molecule has 0 aromatic carbocycles. The molecule has 0 bridgehead atoms. The molecule has 0 amide bonds. The van der Waals surface area contributed by atoms with Gasteiger partial charge in [-0.3, -0.25) is 0 Å². The molecular formula is C10H44O12Si11. The normalized spacial score (nSPS) is 20.6.